The van der Waals surface area contributed by atoms with Crippen LogP contribution in [0.15, 0.2) is 24.3 Å². The average Bonchev–Trinajstić information content (AvgIpc) is 2.27. The fourth-order valence-electron chi connectivity index (χ4n) is 1.71. The van der Waals surface area contributed by atoms with Crippen LogP contribution in [-0.4, -0.2) is 22.9 Å². The summed E-state index contributed by atoms with van der Waals surface area (Å²) in [6.45, 7) is 2.38. The average molecular weight is 209 g/mol. The highest BCUT2D eigenvalue weighted by Crippen LogP contribution is 2.25. The third-order valence-electron chi connectivity index (χ3n) is 2.69. The Hall–Kier alpha value is -1.06. The third-order valence-corrected chi connectivity index (χ3v) is 2.69. The standard InChI is InChI=1S/C12H19NO2/c1-2-9(7-12(15)8-13)10-3-5-11(14)6-4-10/h3-6,9,12,14-15H,2,7-8,13H2,1H3. The molecule has 0 heterocycles. The van der Waals surface area contributed by atoms with E-state index >= 15 is 0 Å². The summed E-state index contributed by atoms with van der Waals surface area (Å²) < 4.78 is 0. The molecule has 0 saturated heterocycles. The van der Waals surface area contributed by atoms with Gasteiger partial charge < -0.3 is 15.9 Å². The van der Waals surface area contributed by atoms with Gasteiger partial charge in [0.15, 0.2) is 0 Å². The Morgan fingerprint density at radius 1 is 1.27 bits per heavy atom. The van der Waals surface area contributed by atoms with E-state index in [9.17, 15) is 5.11 Å². The van der Waals surface area contributed by atoms with E-state index in [0.29, 0.717) is 18.9 Å². The molecule has 0 aliphatic heterocycles. The van der Waals surface area contributed by atoms with Crippen LogP contribution in [0.2, 0.25) is 0 Å². The number of aliphatic hydroxyl groups is 1. The highest BCUT2D eigenvalue weighted by molar-refractivity contribution is 5.28. The molecule has 1 rings (SSSR count). The van der Waals surface area contributed by atoms with Crippen molar-refractivity contribution in [2.24, 2.45) is 5.73 Å². The number of hydrogen-bond donors (Lipinski definition) is 3. The molecule has 2 unspecified atom stereocenters. The first kappa shape index (κ1) is 12.0. The van der Waals surface area contributed by atoms with Gasteiger partial charge in [0.2, 0.25) is 0 Å². The van der Waals surface area contributed by atoms with Crippen LogP contribution < -0.4 is 5.73 Å². The van der Waals surface area contributed by atoms with Crippen molar-refractivity contribution in [3.8, 4) is 5.75 Å². The number of phenols is 1. The highest BCUT2D eigenvalue weighted by atomic mass is 16.3. The first-order chi connectivity index (χ1) is 7.17. The van der Waals surface area contributed by atoms with Crippen molar-refractivity contribution in [1.29, 1.82) is 0 Å². The van der Waals surface area contributed by atoms with Crippen LogP contribution in [0.5, 0.6) is 5.75 Å². The fourth-order valence-corrected chi connectivity index (χ4v) is 1.71. The van der Waals surface area contributed by atoms with Crippen molar-refractivity contribution in [1.82, 2.24) is 0 Å². The monoisotopic (exact) mass is 209 g/mol. The van der Waals surface area contributed by atoms with Crippen LogP contribution in [0.4, 0.5) is 0 Å². The lowest BCUT2D eigenvalue weighted by atomic mass is 9.91. The number of phenolic OH excluding ortho intramolecular Hbond substituents is 1. The fraction of sp³-hybridized carbons (Fsp3) is 0.500. The molecule has 4 N–H and O–H groups in total. The van der Waals surface area contributed by atoms with E-state index in [2.05, 4.69) is 6.92 Å². The topological polar surface area (TPSA) is 66.5 Å². The minimum Gasteiger partial charge on any atom is -0.508 e. The second-order valence-electron chi connectivity index (χ2n) is 3.82. The predicted octanol–water partition coefficient (Wildman–Crippen LogP) is 1.60. The summed E-state index contributed by atoms with van der Waals surface area (Å²) in [7, 11) is 0. The summed E-state index contributed by atoms with van der Waals surface area (Å²) >= 11 is 0. The lowest BCUT2D eigenvalue weighted by Crippen LogP contribution is -2.22. The normalized spacial score (nSPS) is 14.9. The molecule has 0 bridgehead atoms. The van der Waals surface area contributed by atoms with E-state index in [0.717, 1.165) is 12.0 Å². The van der Waals surface area contributed by atoms with E-state index < -0.39 is 6.10 Å². The number of hydrogen-bond acceptors (Lipinski definition) is 3. The molecule has 0 fully saturated rings. The summed E-state index contributed by atoms with van der Waals surface area (Å²) in [6.07, 6.45) is 1.20. The quantitative estimate of drug-likeness (QED) is 0.690. The first-order valence-corrected chi connectivity index (χ1v) is 5.34. The van der Waals surface area contributed by atoms with E-state index in [1.165, 1.54) is 0 Å². The van der Waals surface area contributed by atoms with Gasteiger partial charge in [-0.3, -0.25) is 0 Å². The van der Waals surface area contributed by atoms with E-state index in [4.69, 9.17) is 10.8 Å². The molecule has 0 radical (unpaired) electrons. The second kappa shape index (κ2) is 5.73. The van der Waals surface area contributed by atoms with Gasteiger partial charge in [-0.15, -0.1) is 0 Å². The maximum absolute atomic E-state index is 9.50. The Bertz CT molecular complexity index is 284. The summed E-state index contributed by atoms with van der Waals surface area (Å²) in [6, 6.07) is 7.14. The SMILES string of the molecule is CCC(CC(O)CN)c1ccc(O)cc1. The molecule has 0 aliphatic carbocycles. The van der Waals surface area contributed by atoms with E-state index in [-0.39, 0.29) is 5.75 Å². The Balaban J connectivity index is 2.69. The summed E-state index contributed by atoms with van der Waals surface area (Å²) in [5.74, 6) is 0.581. The van der Waals surface area contributed by atoms with Crippen LogP contribution in [0.1, 0.15) is 31.2 Å². The van der Waals surface area contributed by atoms with Gasteiger partial charge in [0.25, 0.3) is 0 Å². The van der Waals surface area contributed by atoms with Crippen molar-refractivity contribution >= 4 is 0 Å². The molecule has 15 heavy (non-hydrogen) atoms. The molecular weight excluding hydrogens is 190 g/mol. The van der Waals surface area contributed by atoms with Gasteiger partial charge in [-0.1, -0.05) is 19.1 Å². The largest absolute Gasteiger partial charge is 0.508 e. The smallest absolute Gasteiger partial charge is 0.115 e. The molecule has 3 heteroatoms. The predicted molar refractivity (Wildman–Crippen MR) is 60.8 cm³/mol. The van der Waals surface area contributed by atoms with Gasteiger partial charge in [0.05, 0.1) is 6.10 Å². The van der Waals surface area contributed by atoms with Crippen molar-refractivity contribution in [3.63, 3.8) is 0 Å². The van der Waals surface area contributed by atoms with Gasteiger partial charge >= 0.3 is 0 Å². The van der Waals surface area contributed by atoms with Crippen LogP contribution in [-0.2, 0) is 0 Å². The van der Waals surface area contributed by atoms with Gasteiger partial charge in [0, 0.05) is 6.54 Å². The highest BCUT2D eigenvalue weighted by Gasteiger charge is 2.13. The van der Waals surface area contributed by atoms with Crippen LogP contribution in [0, 0.1) is 0 Å². The molecule has 2 atom stereocenters. The molecule has 84 valence electrons. The van der Waals surface area contributed by atoms with Gasteiger partial charge in [-0.05, 0) is 36.5 Å². The van der Waals surface area contributed by atoms with Gasteiger partial charge in [-0.25, -0.2) is 0 Å². The van der Waals surface area contributed by atoms with Crippen LogP contribution in [0.25, 0.3) is 0 Å². The maximum atomic E-state index is 9.50. The molecule has 0 aliphatic rings. The lowest BCUT2D eigenvalue weighted by Gasteiger charge is -2.18. The summed E-state index contributed by atoms with van der Waals surface area (Å²) in [4.78, 5) is 0. The molecular formula is C12H19NO2. The number of aromatic hydroxyl groups is 1. The molecule has 3 nitrogen and oxygen atoms in total. The van der Waals surface area contributed by atoms with Gasteiger partial charge in [0.1, 0.15) is 5.75 Å². The Kier molecular flexibility index (Phi) is 4.59. The number of nitrogens with two attached hydrogens (primary N) is 1. The Morgan fingerprint density at radius 2 is 1.87 bits per heavy atom. The van der Waals surface area contributed by atoms with Gasteiger partial charge in [-0.2, -0.15) is 0 Å². The Morgan fingerprint density at radius 3 is 2.33 bits per heavy atom. The third kappa shape index (κ3) is 3.53. The Labute approximate surface area is 90.5 Å². The maximum Gasteiger partial charge on any atom is 0.115 e. The molecule has 0 aromatic heterocycles. The van der Waals surface area contributed by atoms with Crippen molar-refractivity contribution < 1.29 is 10.2 Å². The number of rotatable bonds is 5. The molecule has 0 saturated carbocycles. The molecule has 0 amide bonds. The van der Waals surface area contributed by atoms with E-state index in [1.54, 1.807) is 12.1 Å². The zero-order valence-corrected chi connectivity index (χ0v) is 9.06. The molecule has 0 spiro atoms. The lowest BCUT2D eigenvalue weighted by molar-refractivity contribution is 0.162. The second-order valence-corrected chi connectivity index (χ2v) is 3.82. The molecule has 1 aromatic rings. The van der Waals surface area contributed by atoms with Crippen LogP contribution >= 0.6 is 0 Å². The van der Waals surface area contributed by atoms with E-state index in [1.807, 2.05) is 12.1 Å². The van der Waals surface area contributed by atoms with Crippen LogP contribution in [0.3, 0.4) is 0 Å². The zero-order chi connectivity index (χ0) is 11.3. The van der Waals surface area contributed by atoms with Crippen molar-refractivity contribution in [2.45, 2.75) is 31.8 Å². The molecule has 1 aromatic carbocycles. The minimum atomic E-state index is -0.441. The number of benzene rings is 1. The van der Waals surface area contributed by atoms with Crippen molar-refractivity contribution in [2.75, 3.05) is 6.54 Å². The van der Waals surface area contributed by atoms with Crippen molar-refractivity contribution in [3.05, 3.63) is 29.8 Å². The summed E-state index contributed by atoms with van der Waals surface area (Å²) in [5.41, 5.74) is 6.53. The zero-order valence-electron chi connectivity index (χ0n) is 9.06. The minimum absolute atomic E-state index is 0.271. The summed E-state index contributed by atoms with van der Waals surface area (Å²) in [5, 5.41) is 18.7. The first-order valence-electron chi connectivity index (χ1n) is 5.34. The number of aliphatic hydroxyl groups excluding tert-OH is 1.